The molecule has 0 aromatic heterocycles. The Balaban J connectivity index is 2.07. The molecule has 1 aromatic carbocycles. The van der Waals surface area contributed by atoms with Crippen molar-refractivity contribution < 1.29 is 19.4 Å². The van der Waals surface area contributed by atoms with Crippen molar-refractivity contribution in [2.75, 3.05) is 13.1 Å². The van der Waals surface area contributed by atoms with Gasteiger partial charge in [-0.1, -0.05) is 31.6 Å². The summed E-state index contributed by atoms with van der Waals surface area (Å²) in [7, 11) is -9.56. The maximum Gasteiger partial charge on any atom is 0.310 e. The van der Waals surface area contributed by atoms with Crippen molar-refractivity contribution in [3.8, 4) is 0 Å². The summed E-state index contributed by atoms with van der Waals surface area (Å²) >= 11 is 0. The van der Waals surface area contributed by atoms with Gasteiger partial charge in [-0.05, 0) is 36.6 Å². The summed E-state index contributed by atoms with van der Waals surface area (Å²) in [5.74, 6) is 0.284. The smallest absolute Gasteiger partial charge is 0.310 e. The van der Waals surface area contributed by atoms with Crippen LogP contribution in [0.25, 0.3) is 0 Å². The first kappa shape index (κ1) is 12.2. The zero-order valence-corrected chi connectivity index (χ0v) is 10.1. The van der Waals surface area contributed by atoms with Crippen molar-refractivity contribution in [2.45, 2.75) is 16.7 Å². The Kier molecular flexibility index (Phi) is 1.83. The molecule has 2 atom stereocenters. The molecule has 1 saturated heterocycles. The first-order chi connectivity index (χ1) is 8.01. The fourth-order valence-electron chi connectivity index (χ4n) is 2.84. The van der Waals surface area contributed by atoms with Crippen LogP contribution < -0.4 is 5.32 Å². The molecular formula is C11H12F5NS. The van der Waals surface area contributed by atoms with Crippen LogP contribution in [0.3, 0.4) is 0 Å². The van der Waals surface area contributed by atoms with Crippen molar-refractivity contribution >= 4 is 10.2 Å². The lowest BCUT2D eigenvalue weighted by Gasteiger charge is -2.40. The average molecular weight is 285 g/mol. The Morgan fingerprint density at radius 1 is 1.17 bits per heavy atom. The normalized spacial score (nSPS) is 34.6. The van der Waals surface area contributed by atoms with Crippen LogP contribution in [0.4, 0.5) is 19.4 Å². The lowest BCUT2D eigenvalue weighted by atomic mass is 9.95. The van der Waals surface area contributed by atoms with Crippen molar-refractivity contribution in [2.24, 2.45) is 5.92 Å². The number of benzene rings is 1. The molecule has 102 valence electrons. The highest BCUT2D eigenvalue weighted by molar-refractivity contribution is 8.45. The molecule has 0 unspecified atom stereocenters. The fourth-order valence-corrected chi connectivity index (χ4v) is 3.52. The maximum absolute atomic E-state index is 12.7. The number of halogens is 5. The Bertz CT molecular complexity index is 525. The number of fused-ring (bicyclic) bond motifs is 1. The minimum absolute atomic E-state index is 0.284. The van der Waals surface area contributed by atoms with E-state index in [-0.39, 0.29) is 11.3 Å². The SMILES string of the molecule is FS(F)(F)(F)(F)c1cccc([C@]23CNC[C@H]2C3)c1. The lowest BCUT2D eigenvalue weighted by Crippen LogP contribution is -2.19. The molecule has 18 heavy (non-hydrogen) atoms. The van der Waals surface area contributed by atoms with E-state index in [1.165, 1.54) is 6.07 Å². The van der Waals surface area contributed by atoms with E-state index >= 15 is 0 Å². The first-order valence-corrected chi connectivity index (χ1v) is 7.52. The van der Waals surface area contributed by atoms with E-state index in [0.717, 1.165) is 19.0 Å². The Morgan fingerprint density at radius 2 is 1.89 bits per heavy atom. The summed E-state index contributed by atoms with van der Waals surface area (Å²) in [5, 5.41) is 3.08. The van der Waals surface area contributed by atoms with E-state index in [9.17, 15) is 19.4 Å². The summed E-state index contributed by atoms with van der Waals surface area (Å²) in [4.78, 5) is -1.78. The van der Waals surface area contributed by atoms with Crippen LogP contribution in [0.15, 0.2) is 29.2 Å². The van der Waals surface area contributed by atoms with Crippen LogP contribution in [-0.4, -0.2) is 13.1 Å². The van der Waals surface area contributed by atoms with Gasteiger partial charge in [0.15, 0.2) is 0 Å². The number of hydrogen-bond acceptors (Lipinski definition) is 1. The quantitative estimate of drug-likeness (QED) is 0.803. The van der Waals surface area contributed by atoms with Gasteiger partial charge in [-0.2, -0.15) is 0 Å². The van der Waals surface area contributed by atoms with E-state index in [0.29, 0.717) is 24.2 Å². The number of nitrogens with one attached hydrogen (secondary N) is 1. The van der Waals surface area contributed by atoms with Crippen LogP contribution in [0, 0.1) is 5.92 Å². The van der Waals surface area contributed by atoms with Crippen LogP contribution in [0.5, 0.6) is 0 Å². The molecule has 1 heterocycles. The van der Waals surface area contributed by atoms with Gasteiger partial charge < -0.3 is 5.32 Å². The fraction of sp³-hybridized carbons (Fsp3) is 0.455. The zero-order chi connectivity index (χ0) is 13.3. The molecule has 2 aliphatic rings. The van der Waals surface area contributed by atoms with E-state index in [1.54, 1.807) is 0 Å². The zero-order valence-electron chi connectivity index (χ0n) is 9.31. The van der Waals surface area contributed by atoms with Gasteiger partial charge in [-0.25, -0.2) is 0 Å². The second kappa shape index (κ2) is 2.70. The molecule has 0 bridgehead atoms. The third-order valence-corrected chi connectivity index (χ3v) is 5.06. The van der Waals surface area contributed by atoms with Crippen molar-refractivity contribution in [1.82, 2.24) is 5.32 Å². The highest BCUT2D eigenvalue weighted by Gasteiger charge is 2.66. The van der Waals surface area contributed by atoms with E-state index in [1.807, 2.05) is 0 Å². The van der Waals surface area contributed by atoms with E-state index in [4.69, 9.17) is 0 Å². The van der Waals surface area contributed by atoms with Gasteiger partial charge in [0.05, 0.1) is 0 Å². The van der Waals surface area contributed by atoms with Gasteiger partial charge >= 0.3 is 10.2 Å². The summed E-state index contributed by atoms with van der Waals surface area (Å²) < 4.78 is 63.7. The highest BCUT2D eigenvalue weighted by Crippen LogP contribution is 3.02. The molecule has 1 aromatic rings. The number of rotatable bonds is 2. The molecule has 2 fully saturated rings. The summed E-state index contributed by atoms with van der Waals surface area (Å²) in [6.45, 7) is 1.32. The minimum atomic E-state index is -9.56. The Labute approximate surface area is 101 Å². The van der Waals surface area contributed by atoms with Crippen molar-refractivity contribution in [3.05, 3.63) is 29.8 Å². The van der Waals surface area contributed by atoms with Gasteiger partial charge in [-0.3, -0.25) is 0 Å². The van der Waals surface area contributed by atoms with Gasteiger partial charge in [0.1, 0.15) is 4.90 Å². The van der Waals surface area contributed by atoms with Gasteiger partial charge in [0.2, 0.25) is 0 Å². The topological polar surface area (TPSA) is 12.0 Å². The maximum atomic E-state index is 12.7. The van der Waals surface area contributed by atoms with Crippen LogP contribution in [0.2, 0.25) is 0 Å². The predicted molar refractivity (Wildman–Crippen MR) is 60.5 cm³/mol. The first-order valence-electron chi connectivity index (χ1n) is 5.57. The Hall–Kier alpha value is -0.820. The van der Waals surface area contributed by atoms with Crippen LogP contribution in [-0.2, 0) is 5.41 Å². The molecule has 7 heteroatoms. The molecular weight excluding hydrogens is 273 g/mol. The molecule has 1 aliphatic carbocycles. The average Bonchev–Trinajstić information content (AvgIpc) is 2.79. The molecule has 3 rings (SSSR count). The summed E-state index contributed by atoms with van der Waals surface area (Å²) in [6.07, 6.45) is 0.782. The Morgan fingerprint density at radius 3 is 2.39 bits per heavy atom. The van der Waals surface area contributed by atoms with E-state index < -0.39 is 15.1 Å². The largest absolute Gasteiger partial charge is 0.316 e. The van der Waals surface area contributed by atoms with Gasteiger partial charge in [0, 0.05) is 12.0 Å². The highest BCUT2D eigenvalue weighted by atomic mass is 32.5. The van der Waals surface area contributed by atoms with Crippen LogP contribution in [0.1, 0.15) is 12.0 Å². The monoisotopic (exact) mass is 285 g/mol. The third kappa shape index (κ3) is 1.80. The standard InChI is InChI=1S/C11H12F5NS/c12-18(13,14,15,16)10-3-1-2-8(4-10)11-5-9(11)6-17-7-11/h1-4,9,17H,5-7H2/t9-,11+/m1/s1. The van der Waals surface area contributed by atoms with Gasteiger partial charge in [0.25, 0.3) is 0 Å². The number of piperidine rings is 1. The molecule has 1 N–H and O–H groups in total. The molecule has 0 radical (unpaired) electrons. The molecule has 1 aliphatic heterocycles. The lowest BCUT2D eigenvalue weighted by molar-refractivity contribution is 0.363. The van der Waals surface area contributed by atoms with Crippen LogP contribution >= 0.6 is 10.2 Å². The number of hydrogen-bond donors (Lipinski definition) is 1. The third-order valence-electron chi connectivity index (χ3n) is 3.92. The summed E-state index contributed by atoms with van der Waals surface area (Å²) in [5.41, 5.74) is 0.0298. The molecule has 1 nitrogen and oxygen atoms in total. The second-order valence-corrected chi connectivity index (χ2v) is 7.59. The second-order valence-electron chi connectivity index (χ2n) is 5.18. The van der Waals surface area contributed by atoms with Crippen molar-refractivity contribution in [3.63, 3.8) is 0 Å². The molecule has 0 amide bonds. The minimum Gasteiger partial charge on any atom is -0.316 e. The molecule has 0 spiro atoms. The predicted octanol–water partition coefficient (Wildman–Crippen LogP) is 4.20. The van der Waals surface area contributed by atoms with E-state index in [2.05, 4.69) is 5.32 Å². The summed E-state index contributed by atoms with van der Waals surface area (Å²) in [6, 6.07) is 3.68. The van der Waals surface area contributed by atoms with Gasteiger partial charge in [-0.15, -0.1) is 0 Å². The van der Waals surface area contributed by atoms with Crippen molar-refractivity contribution in [1.29, 1.82) is 0 Å². The molecule has 1 saturated carbocycles.